The van der Waals surface area contributed by atoms with E-state index in [0.29, 0.717) is 24.4 Å². The summed E-state index contributed by atoms with van der Waals surface area (Å²) in [5, 5.41) is 0. The molecule has 33 heavy (non-hydrogen) atoms. The second-order valence-corrected chi connectivity index (χ2v) is 11.1. The minimum atomic E-state index is -4.23. The topological polar surface area (TPSA) is 118 Å². The van der Waals surface area contributed by atoms with Gasteiger partial charge in [0, 0.05) is 12.8 Å². The highest BCUT2D eigenvalue weighted by molar-refractivity contribution is 7.86. The van der Waals surface area contributed by atoms with Crippen LogP contribution in [0.1, 0.15) is 37.8 Å². The minimum Gasteiger partial charge on any atom is -0.466 e. The van der Waals surface area contributed by atoms with Gasteiger partial charge in [0.15, 0.2) is 0 Å². The molecule has 0 heterocycles. The van der Waals surface area contributed by atoms with Crippen LogP contribution >= 0.6 is 0 Å². The fraction of sp³-hybridized carbons (Fsp3) is 0.333. The third kappa shape index (κ3) is 10.8. The molecule has 2 aromatic rings. The first-order valence-electron chi connectivity index (χ1n) is 10.5. The predicted molar refractivity (Wildman–Crippen MR) is 129 cm³/mol. The summed E-state index contributed by atoms with van der Waals surface area (Å²) in [4.78, 5) is 0. The first kappa shape index (κ1) is 26.8. The molecule has 0 saturated heterocycles. The molecule has 9 heteroatoms. The van der Waals surface area contributed by atoms with E-state index in [1.54, 1.807) is 13.8 Å². The Morgan fingerprint density at radius 2 is 1.00 bits per heavy atom. The summed E-state index contributed by atoms with van der Waals surface area (Å²) in [5.74, 6) is -0.376. The standard InChI is InChI=1S/C24H30O7S2/c1-19(17-21-9-5-3-6-10-21)23(13-15-32(25,26)27)31-24(14-16-33(28,29)30)20(2)18-22-11-7-4-8-12-22/h3-12H,13-18H2,1-2H3,(H,25,26,27)(H,28,29,30). The first-order chi connectivity index (χ1) is 15.4. The number of benzene rings is 2. The van der Waals surface area contributed by atoms with E-state index in [4.69, 9.17) is 4.74 Å². The molecule has 0 aromatic heterocycles. The van der Waals surface area contributed by atoms with Gasteiger partial charge >= 0.3 is 0 Å². The molecule has 0 spiro atoms. The van der Waals surface area contributed by atoms with Gasteiger partial charge in [-0.2, -0.15) is 16.8 Å². The number of hydrogen-bond acceptors (Lipinski definition) is 5. The summed E-state index contributed by atoms with van der Waals surface area (Å²) < 4.78 is 70.2. The van der Waals surface area contributed by atoms with Crippen LogP contribution in [0.25, 0.3) is 0 Å². The SMILES string of the molecule is CC(Cc1ccccc1)=C(CCS(=O)(=O)O)OC(CCS(=O)(=O)O)=C(C)Cc1ccccc1. The monoisotopic (exact) mass is 494 g/mol. The second kappa shape index (κ2) is 12.1. The van der Waals surface area contributed by atoms with Crippen molar-refractivity contribution in [3.8, 4) is 0 Å². The molecule has 180 valence electrons. The van der Waals surface area contributed by atoms with Crippen molar-refractivity contribution in [3.63, 3.8) is 0 Å². The van der Waals surface area contributed by atoms with E-state index >= 15 is 0 Å². The van der Waals surface area contributed by atoms with Crippen LogP contribution in [0.4, 0.5) is 0 Å². The van der Waals surface area contributed by atoms with Gasteiger partial charge in [0.2, 0.25) is 0 Å². The Labute approximate surface area is 196 Å². The summed E-state index contributed by atoms with van der Waals surface area (Å²) in [7, 11) is -8.46. The third-order valence-corrected chi connectivity index (χ3v) is 6.44. The van der Waals surface area contributed by atoms with Crippen molar-refractivity contribution in [1.82, 2.24) is 0 Å². The van der Waals surface area contributed by atoms with Gasteiger partial charge in [0.05, 0.1) is 11.5 Å². The summed E-state index contributed by atoms with van der Waals surface area (Å²) in [5.41, 5.74) is 3.49. The van der Waals surface area contributed by atoms with Crippen LogP contribution in [0.3, 0.4) is 0 Å². The van der Waals surface area contributed by atoms with Crippen molar-refractivity contribution in [2.24, 2.45) is 0 Å². The molecule has 0 fully saturated rings. The number of allylic oxidation sites excluding steroid dienone is 4. The van der Waals surface area contributed by atoms with Crippen LogP contribution in [-0.4, -0.2) is 37.4 Å². The van der Waals surface area contributed by atoms with Gasteiger partial charge in [-0.3, -0.25) is 9.11 Å². The fourth-order valence-corrected chi connectivity index (χ4v) is 4.18. The molecule has 0 saturated carbocycles. The smallest absolute Gasteiger partial charge is 0.265 e. The number of ether oxygens (including phenoxy) is 1. The molecule has 0 bridgehead atoms. The maximum absolute atomic E-state index is 11.4. The lowest BCUT2D eigenvalue weighted by Crippen LogP contribution is -2.12. The Morgan fingerprint density at radius 1 is 0.667 bits per heavy atom. The van der Waals surface area contributed by atoms with Gasteiger partial charge in [-0.25, -0.2) is 0 Å². The minimum absolute atomic E-state index is 0.0779. The third-order valence-electron chi connectivity index (χ3n) is 5.00. The first-order valence-corrected chi connectivity index (χ1v) is 13.7. The fourth-order valence-electron chi connectivity index (χ4n) is 3.30. The molecule has 7 nitrogen and oxygen atoms in total. The Hall–Kier alpha value is -2.46. The Kier molecular flexibility index (Phi) is 9.85. The normalized spacial score (nSPS) is 13.8. The van der Waals surface area contributed by atoms with Gasteiger partial charge in [-0.1, -0.05) is 60.7 Å². The van der Waals surface area contributed by atoms with Crippen molar-refractivity contribution in [1.29, 1.82) is 0 Å². The lowest BCUT2D eigenvalue weighted by Gasteiger charge is -2.19. The lowest BCUT2D eigenvalue weighted by molar-refractivity contribution is 0.271. The molecule has 0 unspecified atom stereocenters. The summed E-state index contributed by atoms with van der Waals surface area (Å²) in [6.07, 6.45) is 0.826. The molecule has 0 radical (unpaired) electrons. The van der Waals surface area contributed by atoms with E-state index in [2.05, 4.69) is 0 Å². The van der Waals surface area contributed by atoms with Crippen LogP contribution < -0.4 is 0 Å². The lowest BCUT2D eigenvalue weighted by atomic mass is 10.0. The zero-order valence-electron chi connectivity index (χ0n) is 18.8. The quantitative estimate of drug-likeness (QED) is 0.327. The molecule has 0 aliphatic rings. The van der Waals surface area contributed by atoms with Crippen LogP contribution in [0, 0.1) is 0 Å². The highest BCUT2D eigenvalue weighted by Crippen LogP contribution is 2.25. The number of rotatable bonds is 12. The molecule has 0 atom stereocenters. The van der Waals surface area contributed by atoms with Gasteiger partial charge < -0.3 is 4.74 Å². The average molecular weight is 495 g/mol. The Bertz CT molecular complexity index is 1090. The van der Waals surface area contributed by atoms with Crippen LogP contribution in [0.5, 0.6) is 0 Å². The van der Waals surface area contributed by atoms with Gasteiger partial charge in [-0.15, -0.1) is 0 Å². The van der Waals surface area contributed by atoms with E-state index in [9.17, 15) is 25.9 Å². The van der Waals surface area contributed by atoms with Gasteiger partial charge in [-0.05, 0) is 49.0 Å². The van der Waals surface area contributed by atoms with Crippen LogP contribution in [-0.2, 0) is 37.8 Å². The molecule has 0 aliphatic carbocycles. The van der Waals surface area contributed by atoms with E-state index < -0.39 is 31.7 Å². The highest BCUT2D eigenvalue weighted by atomic mass is 32.2. The molecule has 2 aromatic carbocycles. The van der Waals surface area contributed by atoms with Gasteiger partial charge in [0.1, 0.15) is 11.5 Å². The van der Waals surface area contributed by atoms with Crippen LogP contribution in [0.15, 0.2) is 83.3 Å². The van der Waals surface area contributed by atoms with Crippen molar-refractivity contribution in [2.45, 2.75) is 39.5 Å². The molecular weight excluding hydrogens is 464 g/mol. The predicted octanol–water partition coefficient (Wildman–Crippen LogP) is 4.59. The maximum atomic E-state index is 11.4. The van der Waals surface area contributed by atoms with Crippen molar-refractivity contribution in [2.75, 3.05) is 11.5 Å². The summed E-state index contributed by atoms with van der Waals surface area (Å²) in [6.45, 7) is 3.61. The molecule has 2 N–H and O–H groups in total. The summed E-state index contributed by atoms with van der Waals surface area (Å²) >= 11 is 0. The maximum Gasteiger partial charge on any atom is 0.265 e. The van der Waals surface area contributed by atoms with Gasteiger partial charge in [0.25, 0.3) is 20.2 Å². The largest absolute Gasteiger partial charge is 0.466 e. The van der Waals surface area contributed by atoms with E-state index in [1.165, 1.54) is 0 Å². The molecule has 0 aliphatic heterocycles. The molecular formula is C24H30O7S2. The molecule has 0 amide bonds. The van der Waals surface area contributed by atoms with E-state index in [-0.39, 0.29) is 12.8 Å². The number of hydrogen-bond donors (Lipinski definition) is 2. The Balaban J connectivity index is 2.40. The van der Waals surface area contributed by atoms with E-state index in [0.717, 1.165) is 22.3 Å². The van der Waals surface area contributed by atoms with Crippen LogP contribution in [0.2, 0.25) is 0 Å². The van der Waals surface area contributed by atoms with Crippen molar-refractivity contribution in [3.05, 3.63) is 94.5 Å². The summed E-state index contributed by atoms with van der Waals surface area (Å²) in [6, 6.07) is 19.1. The Morgan fingerprint density at radius 3 is 1.30 bits per heavy atom. The average Bonchev–Trinajstić information content (AvgIpc) is 2.73. The van der Waals surface area contributed by atoms with Crippen molar-refractivity contribution < 1.29 is 30.7 Å². The van der Waals surface area contributed by atoms with Crippen molar-refractivity contribution >= 4 is 20.2 Å². The van der Waals surface area contributed by atoms with E-state index in [1.807, 2.05) is 60.7 Å². The zero-order chi connectivity index (χ0) is 24.5. The second-order valence-electron chi connectivity index (χ2n) is 7.91. The molecule has 2 rings (SSSR count). The zero-order valence-corrected chi connectivity index (χ0v) is 20.4. The highest BCUT2D eigenvalue weighted by Gasteiger charge is 2.17.